The second-order valence-electron chi connectivity index (χ2n) is 14.6. The number of hydrogen-bond acceptors (Lipinski definition) is 7. The van der Waals surface area contributed by atoms with Crippen LogP contribution >= 0.6 is 7.82 Å². The highest BCUT2D eigenvalue weighted by Gasteiger charge is 2.27. The van der Waals surface area contributed by atoms with Gasteiger partial charge in [0.25, 0.3) is 0 Å². The number of hydrogen-bond donors (Lipinski definition) is 1. The maximum absolute atomic E-state index is 12.6. The number of phosphoric acid groups is 1. The van der Waals surface area contributed by atoms with Crippen molar-refractivity contribution in [1.29, 1.82) is 0 Å². The lowest BCUT2D eigenvalue weighted by Gasteiger charge is -2.24. The topological polar surface area (TPSA) is 108 Å². The predicted octanol–water partition coefficient (Wildman–Crippen LogP) is 11.1. The van der Waals surface area contributed by atoms with Gasteiger partial charge in [-0.25, -0.2) is 4.57 Å². The lowest BCUT2D eigenvalue weighted by molar-refractivity contribution is -0.870. The molecule has 0 saturated heterocycles. The molecule has 0 heterocycles. The van der Waals surface area contributed by atoms with Crippen LogP contribution in [0.1, 0.15) is 155 Å². The highest BCUT2D eigenvalue weighted by molar-refractivity contribution is 7.47. The largest absolute Gasteiger partial charge is 0.472 e. The van der Waals surface area contributed by atoms with Crippen LogP contribution < -0.4 is 0 Å². The maximum Gasteiger partial charge on any atom is 0.472 e. The lowest BCUT2D eigenvalue weighted by Crippen LogP contribution is -2.37. The number of allylic oxidation sites excluding steroid dienone is 8. The fraction of sp³-hybridized carbons (Fsp3) is 0.762. The molecule has 0 aromatic heterocycles. The molecule has 0 aliphatic heterocycles. The monoisotopic (exact) mass is 755 g/mol. The van der Waals surface area contributed by atoms with E-state index in [-0.39, 0.29) is 32.0 Å². The summed E-state index contributed by atoms with van der Waals surface area (Å²) in [6.07, 6.45) is 38.7. The van der Waals surface area contributed by atoms with Crippen LogP contribution in [-0.2, 0) is 32.7 Å². The van der Waals surface area contributed by atoms with Crippen LogP contribution in [0.15, 0.2) is 48.6 Å². The number of unbranched alkanes of at least 4 members (excludes halogenated alkanes) is 14. The average molecular weight is 755 g/mol. The molecule has 0 aliphatic rings. The Balaban J connectivity index is 4.46. The van der Waals surface area contributed by atoms with E-state index in [1.165, 1.54) is 32.1 Å². The summed E-state index contributed by atoms with van der Waals surface area (Å²) in [4.78, 5) is 35.2. The second-order valence-corrected chi connectivity index (χ2v) is 16.1. The number of carbonyl (C=O) groups excluding carboxylic acids is 2. The number of quaternary nitrogens is 1. The van der Waals surface area contributed by atoms with E-state index in [0.29, 0.717) is 17.4 Å². The zero-order valence-electron chi connectivity index (χ0n) is 33.8. The van der Waals surface area contributed by atoms with E-state index in [2.05, 4.69) is 62.5 Å². The van der Waals surface area contributed by atoms with Crippen molar-refractivity contribution in [3.63, 3.8) is 0 Å². The molecule has 0 fully saturated rings. The molecule has 0 bridgehead atoms. The number of ether oxygens (including phenoxy) is 2. The van der Waals surface area contributed by atoms with Crippen LogP contribution in [0.4, 0.5) is 0 Å². The molecule has 0 aliphatic carbocycles. The summed E-state index contributed by atoms with van der Waals surface area (Å²) < 4.78 is 34.2. The first-order chi connectivity index (χ1) is 25.0. The molecule has 0 spiro atoms. The number of likely N-dealkylation sites (N-methyl/N-ethyl adjacent to an activating group) is 1. The van der Waals surface area contributed by atoms with Gasteiger partial charge < -0.3 is 18.9 Å². The summed E-state index contributed by atoms with van der Waals surface area (Å²) in [5, 5.41) is 0. The quantitative estimate of drug-likeness (QED) is 0.0221. The molecule has 0 radical (unpaired) electrons. The Labute approximate surface area is 318 Å². The van der Waals surface area contributed by atoms with Gasteiger partial charge in [-0.3, -0.25) is 18.6 Å². The third-order valence-corrected chi connectivity index (χ3v) is 9.33. The zero-order valence-corrected chi connectivity index (χ0v) is 34.7. The van der Waals surface area contributed by atoms with Crippen LogP contribution in [-0.4, -0.2) is 74.9 Å². The molecule has 1 unspecified atom stereocenters. The summed E-state index contributed by atoms with van der Waals surface area (Å²) in [5.74, 6) is -0.833. The first kappa shape index (κ1) is 50.0. The van der Waals surface area contributed by atoms with Gasteiger partial charge >= 0.3 is 19.8 Å². The van der Waals surface area contributed by atoms with E-state index in [0.717, 1.165) is 89.9 Å². The van der Waals surface area contributed by atoms with Crippen LogP contribution in [0.2, 0.25) is 0 Å². The van der Waals surface area contributed by atoms with Gasteiger partial charge in [-0.05, 0) is 70.6 Å². The van der Waals surface area contributed by atoms with E-state index in [4.69, 9.17) is 18.5 Å². The van der Waals surface area contributed by atoms with Gasteiger partial charge in [-0.2, -0.15) is 0 Å². The van der Waals surface area contributed by atoms with E-state index >= 15 is 0 Å². The summed E-state index contributed by atoms with van der Waals surface area (Å²) in [7, 11) is 1.45. The van der Waals surface area contributed by atoms with Gasteiger partial charge in [0, 0.05) is 12.8 Å². The minimum Gasteiger partial charge on any atom is -0.462 e. The molecule has 0 saturated carbocycles. The fourth-order valence-electron chi connectivity index (χ4n) is 5.14. The van der Waals surface area contributed by atoms with E-state index in [1.54, 1.807) is 0 Å². The Hall–Kier alpha value is -2.03. The molecule has 9 nitrogen and oxygen atoms in total. The SMILES string of the molecule is CC/C=C\C/C=C\C/C=C\CCCCCCCC(=O)O[C@H](COC(=O)CCCCCCC/C=C\CCCCCC)COP(=O)(O)OCC[N+](C)(C)C. The highest BCUT2D eigenvalue weighted by atomic mass is 31.2. The van der Waals surface area contributed by atoms with Gasteiger partial charge in [0.15, 0.2) is 6.10 Å². The Morgan fingerprint density at radius 1 is 0.615 bits per heavy atom. The number of carbonyl (C=O) groups is 2. The van der Waals surface area contributed by atoms with Crippen LogP contribution in [0, 0.1) is 0 Å². The molecule has 1 N–H and O–H groups in total. The van der Waals surface area contributed by atoms with Gasteiger partial charge in [-0.1, -0.05) is 120 Å². The number of nitrogens with zero attached hydrogens (tertiary/aromatic N) is 1. The van der Waals surface area contributed by atoms with Crippen molar-refractivity contribution >= 4 is 19.8 Å². The summed E-state index contributed by atoms with van der Waals surface area (Å²) in [6.45, 7) is 4.24. The minimum absolute atomic E-state index is 0.0252. The Bertz CT molecular complexity index is 1030. The van der Waals surface area contributed by atoms with Crippen molar-refractivity contribution < 1.29 is 42.1 Å². The van der Waals surface area contributed by atoms with Gasteiger partial charge in [0.1, 0.15) is 19.8 Å². The first-order valence-electron chi connectivity index (χ1n) is 20.4. The molecular weight excluding hydrogens is 677 g/mol. The predicted molar refractivity (Wildman–Crippen MR) is 215 cm³/mol. The maximum atomic E-state index is 12.6. The van der Waals surface area contributed by atoms with E-state index in [9.17, 15) is 19.0 Å². The highest BCUT2D eigenvalue weighted by Crippen LogP contribution is 2.43. The lowest BCUT2D eigenvalue weighted by atomic mass is 10.1. The second kappa shape index (κ2) is 34.7. The Morgan fingerprint density at radius 3 is 1.65 bits per heavy atom. The van der Waals surface area contributed by atoms with Crippen LogP contribution in [0.5, 0.6) is 0 Å². The van der Waals surface area contributed by atoms with Crippen molar-refractivity contribution in [2.24, 2.45) is 0 Å². The summed E-state index contributed by atoms with van der Waals surface area (Å²) >= 11 is 0. The standard InChI is InChI=1S/C42H76NO8P/c1-6-8-10-12-14-16-18-20-21-23-25-27-29-31-33-35-42(45)51-40(39-50-52(46,47)49-37-36-43(3,4)5)38-48-41(44)34-32-30-28-26-24-22-19-17-15-13-11-9-7-2/h8,10,14,16-17,19-21,40H,6-7,9,11-13,15,18,22-39H2,1-5H3/p+1/b10-8-,16-14-,19-17-,21-20-/t40-/m1/s1. The van der Waals surface area contributed by atoms with E-state index < -0.39 is 26.5 Å². The van der Waals surface area contributed by atoms with Gasteiger partial charge in [0.2, 0.25) is 0 Å². The zero-order chi connectivity index (χ0) is 38.6. The summed E-state index contributed by atoms with van der Waals surface area (Å²) in [5.41, 5.74) is 0. The van der Waals surface area contributed by atoms with Crippen molar-refractivity contribution in [3.8, 4) is 0 Å². The molecule has 0 aromatic rings. The number of rotatable bonds is 36. The fourth-order valence-corrected chi connectivity index (χ4v) is 5.88. The molecule has 0 rings (SSSR count). The van der Waals surface area contributed by atoms with Crippen molar-refractivity contribution in [3.05, 3.63) is 48.6 Å². The molecular formula is C42H77NO8P+. The normalized spacial score (nSPS) is 14.2. The molecule has 0 amide bonds. The van der Waals surface area contributed by atoms with Crippen molar-refractivity contribution in [2.75, 3.05) is 47.5 Å². The third-order valence-electron chi connectivity index (χ3n) is 8.34. The molecule has 2 atom stereocenters. The Morgan fingerprint density at radius 2 is 1.10 bits per heavy atom. The average Bonchev–Trinajstić information content (AvgIpc) is 3.09. The molecule has 0 aromatic carbocycles. The van der Waals surface area contributed by atoms with Gasteiger partial charge in [0.05, 0.1) is 27.7 Å². The smallest absolute Gasteiger partial charge is 0.462 e. The van der Waals surface area contributed by atoms with Crippen molar-refractivity contribution in [1.82, 2.24) is 0 Å². The van der Waals surface area contributed by atoms with Crippen LogP contribution in [0.25, 0.3) is 0 Å². The summed E-state index contributed by atoms with van der Waals surface area (Å²) in [6, 6.07) is 0. The minimum atomic E-state index is -4.38. The number of phosphoric ester groups is 1. The number of esters is 2. The van der Waals surface area contributed by atoms with Crippen molar-refractivity contribution in [2.45, 2.75) is 161 Å². The molecule has 52 heavy (non-hydrogen) atoms. The first-order valence-corrected chi connectivity index (χ1v) is 21.9. The third kappa shape index (κ3) is 37.7. The molecule has 302 valence electrons. The van der Waals surface area contributed by atoms with Crippen LogP contribution in [0.3, 0.4) is 0 Å². The Kier molecular flexibility index (Phi) is 33.4. The molecule has 10 heteroatoms. The van der Waals surface area contributed by atoms with Gasteiger partial charge in [-0.15, -0.1) is 0 Å². The van der Waals surface area contributed by atoms with E-state index in [1.807, 2.05) is 21.1 Å².